The fourth-order valence-electron chi connectivity index (χ4n) is 7.01. The van der Waals surface area contributed by atoms with Gasteiger partial charge in [0.15, 0.2) is 8.32 Å². The van der Waals surface area contributed by atoms with Gasteiger partial charge in [0.05, 0.1) is 6.10 Å². The summed E-state index contributed by atoms with van der Waals surface area (Å²) in [6, 6.07) is 0. The van der Waals surface area contributed by atoms with Gasteiger partial charge in [-0.05, 0) is 61.2 Å². The Morgan fingerprint density at radius 3 is 2.24 bits per heavy atom. The first-order valence-electron chi connectivity index (χ1n) is 13.9. The Morgan fingerprint density at radius 1 is 1.08 bits per heavy atom. The average Bonchev–Trinajstić information content (AvgIpc) is 3.08. The number of hydrogen-bond acceptors (Lipinski definition) is 7. The molecule has 10 heteroatoms. The van der Waals surface area contributed by atoms with Crippen molar-refractivity contribution in [2.75, 3.05) is 0 Å². The van der Waals surface area contributed by atoms with Gasteiger partial charge in [-0.1, -0.05) is 46.8 Å². The molecule has 0 N–H and O–H groups in total. The SMILES string of the molecule is C=C1CCC2[C@H](ON=[N+]=[N-])C([C@@]3(C)C[C@@H](OC(C)=O)[C@@H](OC(C)=O)CC3O[Si](C)(C)C(C)(C)C)CC[C@]12C. The summed E-state index contributed by atoms with van der Waals surface area (Å²) in [5.74, 6) is -0.696. The van der Waals surface area contributed by atoms with Gasteiger partial charge in [0, 0.05) is 42.4 Å². The van der Waals surface area contributed by atoms with Crippen LogP contribution >= 0.6 is 0 Å². The molecule has 3 fully saturated rings. The number of allylic oxidation sites excluding steroid dienone is 1. The van der Waals surface area contributed by atoms with Crippen LogP contribution in [0.15, 0.2) is 17.4 Å². The van der Waals surface area contributed by atoms with Gasteiger partial charge in [0.1, 0.15) is 23.6 Å². The number of carbonyl (C=O) groups is 2. The quantitative estimate of drug-likeness (QED) is 0.0639. The van der Waals surface area contributed by atoms with Crippen molar-refractivity contribution in [3.8, 4) is 0 Å². The lowest BCUT2D eigenvalue weighted by atomic mass is 9.53. The van der Waals surface area contributed by atoms with Crippen molar-refractivity contribution >= 4 is 20.3 Å². The van der Waals surface area contributed by atoms with Gasteiger partial charge in [-0.2, -0.15) is 0 Å². The van der Waals surface area contributed by atoms with E-state index in [-0.39, 0.29) is 34.5 Å². The van der Waals surface area contributed by atoms with Gasteiger partial charge in [0.2, 0.25) is 0 Å². The van der Waals surface area contributed by atoms with Crippen LogP contribution in [0, 0.1) is 22.7 Å². The largest absolute Gasteiger partial charge is 0.459 e. The number of nitrogens with zero attached hydrogens (tertiary/aromatic N) is 3. The number of hydrogen-bond donors (Lipinski definition) is 0. The molecule has 0 aromatic carbocycles. The van der Waals surface area contributed by atoms with E-state index >= 15 is 0 Å². The van der Waals surface area contributed by atoms with Crippen molar-refractivity contribution in [1.82, 2.24) is 0 Å². The molecule has 9 nitrogen and oxygen atoms in total. The molecule has 3 rings (SSSR count). The predicted octanol–water partition coefficient (Wildman–Crippen LogP) is 7.03. The summed E-state index contributed by atoms with van der Waals surface area (Å²) >= 11 is 0. The number of rotatable bonds is 7. The van der Waals surface area contributed by atoms with E-state index in [0.717, 1.165) is 25.7 Å². The standard InChI is InChI=1S/C28H47N3O6Si/c1-17-11-12-20-25(36-31-30-29)21(13-14-27(17,20)7)28(8)16-23(35-19(3)33)22(34-18(2)32)15-24(28)37-38(9,10)26(4,5)6/h20-25H,1,11-16H2,2-10H3/t20?,21?,22-,23+,24?,25-,27+,28+/m0/s1. The van der Waals surface area contributed by atoms with Gasteiger partial charge in [-0.3, -0.25) is 9.59 Å². The third kappa shape index (κ3) is 5.77. The Hall–Kier alpha value is -2.03. The Labute approximate surface area is 228 Å². The topological polar surface area (TPSA) is 120 Å². The molecule has 0 heterocycles. The first kappa shape index (κ1) is 30.5. The first-order chi connectivity index (χ1) is 17.5. The second kappa shape index (κ2) is 10.9. The lowest BCUT2D eigenvalue weighted by molar-refractivity contribution is -0.203. The summed E-state index contributed by atoms with van der Waals surface area (Å²) < 4.78 is 18.6. The zero-order chi connectivity index (χ0) is 28.7. The van der Waals surface area contributed by atoms with Crippen molar-refractivity contribution in [2.45, 2.75) is 130 Å². The minimum atomic E-state index is -2.25. The van der Waals surface area contributed by atoms with Crippen LogP contribution in [0.5, 0.6) is 0 Å². The molecule has 0 spiro atoms. The van der Waals surface area contributed by atoms with Crippen LogP contribution in [-0.4, -0.2) is 44.7 Å². The van der Waals surface area contributed by atoms with Crippen LogP contribution < -0.4 is 0 Å². The second-order valence-electron chi connectivity index (χ2n) is 13.7. The fourth-order valence-corrected chi connectivity index (χ4v) is 8.44. The van der Waals surface area contributed by atoms with E-state index in [1.165, 1.54) is 19.4 Å². The average molecular weight is 550 g/mol. The molecule has 3 saturated carbocycles. The van der Waals surface area contributed by atoms with Crippen molar-refractivity contribution < 1.29 is 28.3 Å². The Balaban J connectivity index is 2.10. The molecular weight excluding hydrogens is 502 g/mol. The molecule has 8 atom stereocenters. The van der Waals surface area contributed by atoms with E-state index in [0.29, 0.717) is 12.8 Å². The molecule has 214 valence electrons. The molecule has 3 aliphatic carbocycles. The van der Waals surface area contributed by atoms with Crippen LogP contribution in [0.1, 0.15) is 87.0 Å². The van der Waals surface area contributed by atoms with E-state index < -0.39 is 37.9 Å². The van der Waals surface area contributed by atoms with E-state index in [1.807, 2.05) is 0 Å². The maximum absolute atomic E-state index is 12.1. The minimum absolute atomic E-state index is 0.0249. The highest BCUT2D eigenvalue weighted by molar-refractivity contribution is 6.74. The van der Waals surface area contributed by atoms with E-state index in [1.54, 1.807) is 0 Å². The van der Waals surface area contributed by atoms with Crippen molar-refractivity contribution in [3.63, 3.8) is 0 Å². The highest BCUT2D eigenvalue weighted by Gasteiger charge is 2.61. The molecule has 3 unspecified atom stereocenters. The molecule has 38 heavy (non-hydrogen) atoms. The lowest BCUT2D eigenvalue weighted by Crippen LogP contribution is -2.61. The van der Waals surface area contributed by atoms with E-state index in [9.17, 15) is 9.59 Å². The number of fused-ring (bicyclic) bond motifs is 1. The van der Waals surface area contributed by atoms with Crippen LogP contribution in [0.25, 0.3) is 10.4 Å². The summed E-state index contributed by atoms with van der Waals surface area (Å²) in [7, 11) is -2.25. The predicted molar refractivity (Wildman–Crippen MR) is 147 cm³/mol. The maximum atomic E-state index is 12.1. The molecule has 0 amide bonds. The van der Waals surface area contributed by atoms with E-state index in [2.05, 4.69) is 64.5 Å². The molecule has 0 aromatic heterocycles. The van der Waals surface area contributed by atoms with Gasteiger partial charge in [-0.25, -0.2) is 0 Å². The van der Waals surface area contributed by atoms with E-state index in [4.69, 9.17) is 24.3 Å². The van der Waals surface area contributed by atoms with Crippen LogP contribution in [0.3, 0.4) is 0 Å². The summed E-state index contributed by atoms with van der Waals surface area (Å²) in [6.45, 7) is 22.6. The van der Waals surface area contributed by atoms with Crippen molar-refractivity contribution in [3.05, 3.63) is 22.6 Å². The molecular formula is C28H47N3O6Si. The number of azide groups is 1. The fraction of sp³-hybridized carbons (Fsp3) is 0.857. The minimum Gasteiger partial charge on any atom is -0.459 e. The van der Waals surface area contributed by atoms with Gasteiger partial charge in [0.25, 0.3) is 0 Å². The Kier molecular flexibility index (Phi) is 8.71. The van der Waals surface area contributed by atoms with Gasteiger partial charge < -0.3 is 18.7 Å². The molecule has 0 aliphatic heterocycles. The maximum Gasteiger partial charge on any atom is 0.303 e. The number of carbonyl (C=O) groups excluding carboxylic acids is 2. The summed E-state index contributed by atoms with van der Waals surface area (Å²) in [5.41, 5.74) is 9.81. The zero-order valence-corrected chi connectivity index (χ0v) is 25.7. The van der Waals surface area contributed by atoms with Gasteiger partial charge >= 0.3 is 11.9 Å². The Morgan fingerprint density at radius 2 is 1.68 bits per heavy atom. The third-order valence-corrected chi connectivity index (χ3v) is 14.8. The molecule has 0 radical (unpaired) electrons. The van der Waals surface area contributed by atoms with Gasteiger partial charge in [-0.15, -0.1) is 0 Å². The normalized spacial score (nSPS) is 37.6. The molecule has 0 aromatic rings. The third-order valence-electron chi connectivity index (χ3n) is 10.3. The molecule has 3 aliphatic rings. The summed E-state index contributed by atoms with van der Waals surface area (Å²) in [5, 5.41) is 3.58. The highest BCUT2D eigenvalue weighted by atomic mass is 28.4. The number of ether oxygens (including phenoxy) is 2. The summed E-state index contributed by atoms with van der Waals surface area (Å²) in [6.07, 6.45) is 2.69. The van der Waals surface area contributed by atoms with Crippen molar-refractivity contribution in [2.24, 2.45) is 27.9 Å². The lowest BCUT2D eigenvalue weighted by Gasteiger charge is -2.58. The highest BCUT2D eigenvalue weighted by Crippen LogP contribution is 2.62. The summed E-state index contributed by atoms with van der Waals surface area (Å²) in [4.78, 5) is 33.1. The zero-order valence-electron chi connectivity index (χ0n) is 24.7. The number of esters is 2. The van der Waals surface area contributed by atoms with Crippen molar-refractivity contribution in [1.29, 1.82) is 0 Å². The molecule has 0 bridgehead atoms. The second-order valence-corrected chi connectivity index (χ2v) is 18.4. The van der Waals surface area contributed by atoms with Crippen LogP contribution in [0.4, 0.5) is 0 Å². The first-order valence-corrected chi connectivity index (χ1v) is 16.8. The Bertz CT molecular complexity index is 990. The smallest absolute Gasteiger partial charge is 0.303 e. The molecule has 0 saturated heterocycles. The van der Waals surface area contributed by atoms with Crippen LogP contribution in [-0.2, 0) is 28.3 Å². The monoisotopic (exact) mass is 549 g/mol. The van der Waals surface area contributed by atoms with Crippen LogP contribution in [0.2, 0.25) is 18.1 Å².